The number of carboxylic acids is 2. The van der Waals surface area contributed by atoms with Gasteiger partial charge >= 0.3 is 11.9 Å². The topological polar surface area (TPSA) is 100 Å². The quantitative estimate of drug-likeness (QED) is 0.888. The summed E-state index contributed by atoms with van der Waals surface area (Å²) in [6.07, 6.45) is 3.41. The maximum absolute atomic E-state index is 12.6. The number of carbonyl (C=O) groups is 2. The molecule has 0 unspecified atom stereocenters. The van der Waals surface area contributed by atoms with Gasteiger partial charge in [0.15, 0.2) is 0 Å². The van der Waals surface area contributed by atoms with E-state index in [4.69, 9.17) is 10.2 Å². The van der Waals surface area contributed by atoms with Crippen LogP contribution < -0.4 is 0 Å². The molecule has 130 valence electrons. The summed E-state index contributed by atoms with van der Waals surface area (Å²) in [5, 5.41) is 17.0. The van der Waals surface area contributed by atoms with E-state index in [1.807, 2.05) is 20.8 Å². The standard InChI is InChI=1S/C8H9NO2.C7H6FNO2.C2H6/c1-2-7-5-6(8(10)11)3-4-9-7;1-4-6(8)2-5(3-9-4)7(10)11;1-2/h3-5H,2H2,1H3,(H,10,11);2-3H,1H3,(H,10,11);1-2H3. The molecule has 2 N–H and O–H groups in total. The van der Waals surface area contributed by atoms with Crippen molar-refractivity contribution in [3.63, 3.8) is 0 Å². The summed E-state index contributed by atoms with van der Waals surface area (Å²) >= 11 is 0. The van der Waals surface area contributed by atoms with E-state index in [0.717, 1.165) is 24.4 Å². The van der Waals surface area contributed by atoms with Crippen molar-refractivity contribution in [3.8, 4) is 0 Å². The van der Waals surface area contributed by atoms with Crippen molar-refractivity contribution in [3.05, 3.63) is 58.9 Å². The van der Waals surface area contributed by atoms with Crippen molar-refractivity contribution in [2.75, 3.05) is 0 Å². The molecule has 0 radical (unpaired) electrons. The van der Waals surface area contributed by atoms with Crippen molar-refractivity contribution in [2.45, 2.75) is 34.1 Å². The van der Waals surface area contributed by atoms with Crippen LogP contribution in [0.15, 0.2) is 30.6 Å². The van der Waals surface area contributed by atoms with E-state index in [9.17, 15) is 14.0 Å². The molecular formula is C17H21FN2O4. The number of aryl methyl sites for hydroxylation is 2. The SMILES string of the molecule is CC.CCc1cc(C(=O)O)ccn1.Cc1ncc(C(=O)O)cc1F. The zero-order chi connectivity index (χ0) is 18.7. The van der Waals surface area contributed by atoms with Crippen LogP contribution in [0.5, 0.6) is 0 Å². The number of aromatic nitrogens is 2. The summed E-state index contributed by atoms with van der Waals surface area (Å²) in [5.74, 6) is -2.66. The number of aromatic carboxylic acids is 2. The first kappa shape index (κ1) is 21.2. The number of pyridine rings is 2. The highest BCUT2D eigenvalue weighted by Gasteiger charge is 2.05. The monoisotopic (exact) mass is 336 g/mol. The molecule has 0 bridgehead atoms. The van der Waals surface area contributed by atoms with Crippen LogP contribution in [0.25, 0.3) is 0 Å². The largest absolute Gasteiger partial charge is 0.478 e. The molecule has 0 fully saturated rings. The van der Waals surface area contributed by atoms with Crippen LogP contribution in [0.2, 0.25) is 0 Å². The molecule has 0 spiro atoms. The maximum atomic E-state index is 12.6. The average Bonchev–Trinajstić information content (AvgIpc) is 2.59. The van der Waals surface area contributed by atoms with E-state index in [-0.39, 0.29) is 11.3 Å². The first-order chi connectivity index (χ1) is 11.3. The van der Waals surface area contributed by atoms with E-state index < -0.39 is 17.8 Å². The number of carboxylic acid groups (broad SMARTS) is 2. The number of halogens is 1. The minimum atomic E-state index is -1.17. The Hall–Kier alpha value is -2.83. The van der Waals surface area contributed by atoms with E-state index >= 15 is 0 Å². The molecule has 0 aromatic carbocycles. The molecule has 0 amide bonds. The van der Waals surface area contributed by atoms with Gasteiger partial charge < -0.3 is 10.2 Å². The molecule has 0 atom stereocenters. The van der Waals surface area contributed by atoms with Crippen LogP contribution in [-0.2, 0) is 6.42 Å². The zero-order valence-corrected chi connectivity index (χ0v) is 14.1. The molecule has 2 aromatic rings. The molecule has 0 aliphatic heterocycles. The van der Waals surface area contributed by atoms with E-state index in [2.05, 4.69) is 9.97 Å². The third-order valence-electron chi connectivity index (χ3n) is 2.70. The van der Waals surface area contributed by atoms with E-state index in [1.165, 1.54) is 19.2 Å². The fourth-order valence-electron chi connectivity index (χ4n) is 1.43. The minimum Gasteiger partial charge on any atom is -0.478 e. The molecule has 0 aliphatic carbocycles. The Labute approximate surface area is 140 Å². The van der Waals surface area contributed by atoms with Crippen molar-refractivity contribution in [2.24, 2.45) is 0 Å². The van der Waals surface area contributed by atoms with E-state index in [1.54, 1.807) is 6.07 Å². The Morgan fingerprint density at radius 2 is 1.67 bits per heavy atom. The van der Waals surface area contributed by atoms with Gasteiger partial charge in [-0.15, -0.1) is 0 Å². The van der Waals surface area contributed by atoms with Crippen LogP contribution >= 0.6 is 0 Å². The maximum Gasteiger partial charge on any atom is 0.337 e. The summed E-state index contributed by atoms with van der Waals surface area (Å²) in [6, 6.07) is 4.02. The molecule has 0 saturated carbocycles. The lowest BCUT2D eigenvalue weighted by atomic mass is 10.2. The fourth-order valence-corrected chi connectivity index (χ4v) is 1.43. The Kier molecular flexibility index (Phi) is 9.55. The molecule has 6 nitrogen and oxygen atoms in total. The summed E-state index contributed by atoms with van der Waals surface area (Å²) in [5.41, 5.74) is 1.19. The van der Waals surface area contributed by atoms with Gasteiger partial charge in [0.1, 0.15) is 5.82 Å². The van der Waals surface area contributed by atoms with Crippen molar-refractivity contribution < 1.29 is 24.2 Å². The Balaban J connectivity index is 0.000000400. The highest BCUT2D eigenvalue weighted by Crippen LogP contribution is 2.05. The molecule has 2 heterocycles. The lowest BCUT2D eigenvalue weighted by Gasteiger charge is -1.96. The Bertz CT molecular complexity index is 690. The van der Waals surface area contributed by atoms with Crippen LogP contribution in [0.4, 0.5) is 4.39 Å². The molecular weight excluding hydrogens is 315 g/mol. The summed E-state index contributed by atoms with van der Waals surface area (Å²) < 4.78 is 12.6. The highest BCUT2D eigenvalue weighted by atomic mass is 19.1. The molecule has 7 heteroatoms. The molecule has 0 saturated heterocycles. The minimum absolute atomic E-state index is 0.131. The molecule has 2 aromatic heterocycles. The summed E-state index contributed by atoms with van der Waals surface area (Å²) in [4.78, 5) is 28.2. The smallest absolute Gasteiger partial charge is 0.337 e. The van der Waals surface area contributed by atoms with E-state index in [0.29, 0.717) is 5.56 Å². The van der Waals surface area contributed by atoms with Gasteiger partial charge in [0.05, 0.1) is 16.8 Å². The third-order valence-corrected chi connectivity index (χ3v) is 2.70. The Morgan fingerprint density at radius 1 is 1.08 bits per heavy atom. The zero-order valence-electron chi connectivity index (χ0n) is 14.1. The predicted molar refractivity (Wildman–Crippen MR) is 87.8 cm³/mol. The second-order valence-corrected chi connectivity index (χ2v) is 4.29. The molecule has 2 rings (SSSR count). The number of nitrogens with zero attached hydrogens (tertiary/aromatic N) is 2. The lowest BCUT2D eigenvalue weighted by molar-refractivity contribution is 0.0685. The van der Waals surface area contributed by atoms with Gasteiger partial charge in [-0.25, -0.2) is 14.0 Å². The number of hydrogen-bond acceptors (Lipinski definition) is 4. The van der Waals surface area contributed by atoms with Gasteiger partial charge in [-0.3, -0.25) is 9.97 Å². The normalized spacial score (nSPS) is 9.04. The summed E-state index contributed by atoms with van der Waals surface area (Å²) in [6.45, 7) is 7.41. The van der Waals surface area contributed by atoms with Crippen molar-refractivity contribution >= 4 is 11.9 Å². The lowest BCUT2D eigenvalue weighted by Crippen LogP contribution is -1.99. The van der Waals surface area contributed by atoms with Crippen molar-refractivity contribution in [1.82, 2.24) is 9.97 Å². The van der Waals surface area contributed by atoms with Gasteiger partial charge in [0.25, 0.3) is 0 Å². The second-order valence-electron chi connectivity index (χ2n) is 4.29. The number of rotatable bonds is 3. The Morgan fingerprint density at radius 3 is 2.12 bits per heavy atom. The van der Waals surface area contributed by atoms with Crippen LogP contribution in [0, 0.1) is 12.7 Å². The third kappa shape index (κ3) is 6.95. The predicted octanol–water partition coefficient (Wildman–Crippen LogP) is 3.60. The van der Waals surface area contributed by atoms with Gasteiger partial charge in [0.2, 0.25) is 0 Å². The van der Waals surface area contributed by atoms with Crippen LogP contribution in [0.1, 0.15) is 52.9 Å². The van der Waals surface area contributed by atoms with Crippen molar-refractivity contribution in [1.29, 1.82) is 0 Å². The number of hydrogen-bond donors (Lipinski definition) is 2. The van der Waals surface area contributed by atoms with Gasteiger partial charge in [-0.2, -0.15) is 0 Å². The second kappa shape index (κ2) is 10.8. The first-order valence-corrected chi connectivity index (χ1v) is 7.38. The van der Waals surface area contributed by atoms with Gasteiger partial charge in [-0.05, 0) is 31.5 Å². The average molecular weight is 336 g/mol. The molecule has 0 aliphatic rings. The first-order valence-electron chi connectivity index (χ1n) is 7.38. The van der Waals surface area contributed by atoms with Crippen LogP contribution in [0.3, 0.4) is 0 Å². The molecule has 24 heavy (non-hydrogen) atoms. The van der Waals surface area contributed by atoms with Crippen LogP contribution in [-0.4, -0.2) is 32.1 Å². The summed E-state index contributed by atoms with van der Waals surface area (Å²) in [7, 11) is 0. The fraction of sp³-hybridized carbons (Fsp3) is 0.294. The highest BCUT2D eigenvalue weighted by molar-refractivity contribution is 5.87. The van der Waals surface area contributed by atoms with Gasteiger partial charge in [-0.1, -0.05) is 20.8 Å². The van der Waals surface area contributed by atoms with Gasteiger partial charge in [0, 0.05) is 18.1 Å².